The first kappa shape index (κ1) is 18.1. The predicted molar refractivity (Wildman–Crippen MR) is 94.8 cm³/mol. The molecule has 0 saturated heterocycles. The van der Waals surface area contributed by atoms with Gasteiger partial charge < -0.3 is 20.1 Å². The summed E-state index contributed by atoms with van der Waals surface area (Å²) in [7, 11) is 3.08. The van der Waals surface area contributed by atoms with Gasteiger partial charge in [0.2, 0.25) is 0 Å². The molecule has 25 heavy (non-hydrogen) atoms. The molecule has 0 radical (unpaired) electrons. The van der Waals surface area contributed by atoms with Crippen molar-refractivity contribution in [1.82, 2.24) is 0 Å². The minimum absolute atomic E-state index is 0.167. The molecule has 2 rings (SSSR count). The average Bonchev–Trinajstić information content (AvgIpc) is 2.62. The summed E-state index contributed by atoms with van der Waals surface area (Å²) < 4.78 is 10.7. The Morgan fingerprint density at radius 2 is 1.96 bits per heavy atom. The molecule has 0 aromatic heterocycles. The van der Waals surface area contributed by atoms with Gasteiger partial charge in [0.25, 0.3) is 11.6 Å². The van der Waals surface area contributed by atoms with Gasteiger partial charge in [0, 0.05) is 30.4 Å². The van der Waals surface area contributed by atoms with Crippen LogP contribution in [0.2, 0.25) is 0 Å². The second kappa shape index (κ2) is 8.00. The number of ether oxygens (including phenoxy) is 2. The lowest BCUT2D eigenvalue weighted by molar-refractivity contribution is -0.384. The van der Waals surface area contributed by atoms with E-state index in [1.54, 1.807) is 25.2 Å². The van der Waals surface area contributed by atoms with Gasteiger partial charge in [-0.25, -0.2) is 0 Å². The minimum atomic E-state index is -0.539. The van der Waals surface area contributed by atoms with Crippen molar-refractivity contribution in [3.63, 3.8) is 0 Å². The van der Waals surface area contributed by atoms with Crippen LogP contribution >= 0.6 is 0 Å². The Hall–Kier alpha value is -3.29. The first-order valence-corrected chi connectivity index (χ1v) is 7.58. The highest BCUT2D eigenvalue weighted by atomic mass is 16.6. The summed E-state index contributed by atoms with van der Waals surface area (Å²) in [5, 5.41) is 16.5. The zero-order chi connectivity index (χ0) is 18.4. The largest absolute Gasteiger partial charge is 0.493 e. The minimum Gasteiger partial charge on any atom is -0.493 e. The number of hydrogen-bond donors (Lipinski definition) is 2. The number of rotatable bonds is 7. The van der Waals surface area contributed by atoms with E-state index in [0.29, 0.717) is 29.5 Å². The Labute approximate surface area is 144 Å². The van der Waals surface area contributed by atoms with Crippen LogP contribution in [0.4, 0.5) is 17.1 Å². The van der Waals surface area contributed by atoms with Crippen LogP contribution in [-0.2, 0) is 0 Å². The third-order valence-electron chi connectivity index (χ3n) is 3.45. The topological polar surface area (TPSA) is 103 Å². The van der Waals surface area contributed by atoms with Crippen LogP contribution in [0.5, 0.6) is 11.5 Å². The standard InChI is InChI=1S/C17H19N3O5/c1-4-25-15-8-6-12(10-16(15)24-3)19-17(21)11-5-7-13(18-2)14(9-11)20(22)23/h5-10,18H,4H2,1-3H3,(H,19,21). The molecular formula is C17H19N3O5. The molecule has 0 unspecified atom stereocenters. The monoisotopic (exact) mass is 345 g/mol. The number of hydrogen-bond acceptors (Lipinski definition) is 6. The molecular weight excluding hydrogens is 326 g/mol. The number of benzene rings is 2. The SMILES string of the molecule is CCOc1ccc(NC(=O)c2ccc(NC)c([N+](=O)[O-])c2)cc1OC. The van der Waals surface area contributed by atoms with Crippen LogP contribution in [0, 0.1) is 10.1 Å². The number of carbonyl (C=O) groups excluding carboxylic acids is 1. The molecule has 0 aliphatic heterocycles. The zero-order valence-corrected chi connectivity index (χ0v) is 14.2. The fourth-order valence-corrected chi connectivity index (χ4v) is 2.26. The molecule has 2 aromatic rings. The van der Waals surface area contributed by atoms with Gasteiger partial charge in [0.1, 0.15) is 5.69 Å². The molecule has 132 valence electrons. The molecule has 0 saturated carbocycles. The number of nitrogens with one attached hydrogen (secondary N) is 2. The summed E-state index contributed by atoms with van der Waals surface area (Å²) in [6, 6.07) is 9.21. The molecule has 0 fully saturated rings. The lowest BCUT2D eigenvalue weighted by Crippen LogP contribution is -2.12. The maximum atomic E-state index is 12.4. The molecule has 0 aliphatic carbocycles. The number of nitro groups is 1. The lowest BCUT2D eigenvalue weighted by Gasteiger charge is -2.12. The van der Waals surface area contributed by atoms with Gasteiger partial charge in [0.15, 0.2) is 11.5 Å². The summed E-state index contributed by atoms with van der Waals surface area (Å²) in [6.07, 6.45) is 0. The highest BCUT2D eigenvalue weighted by Gasteiger charge is 2.17. The normalized spacial score (nSPS) is 10.0. The molecule has 2 N–H and O–H groups in total. The summed E-state index contributed by atoms with van der Waals surface area (Å²) in [5.74, 6) is 0.588. The van der Waals surface area contributed by atoms with Crippen LogP contribution in [0.25, 0.3) is 0 Å². The lowest BCUT2D eigenvalue weighted by atomic mass is 10.1. The molecule has 0 heterocycles. The molecule has 8 nitrogen and oxygen atoms in total. The smallest absolute Gasteiger partial charge is 0.293 e. The van der Waals surface area contributed by atoms with E-state index < -0.39 is 10.8 Å². The zero-order valence-electron chi connectivity index (χ0n) is 14.2. The van der Waals surface area contributed by atoms with Crippen LogP contribution in [0.3, 0.4) is 0 Å². The van der Waals surface area contributed by atoms with Crippen molar-refractivity contribution >= 4 is 23.0 Å². The van der Waals surface area contributed by atoms with Crippen LogP contribution in [0.15, 0.2) is 36.4 Å². The number of nitrogens with zero attached hydrogens (tertiary/aromatic N) is 1. The van der Waals surface area contributed by atoms with Crippen LogP contribution in [0.1, 0.15) is 17.3 Å². The molecule has 2 aromatic carbocycles. The second-order valence-corrected chi connectivity index (χ2v) is 4.99. The van der Waals surface area contributed by atoms with Gasteiger partial charge in [0.05, 0.1) is 18.6 Å². The molecule has 0 bridgehead atoms. The van der Waals surface area contributed by atoms with Crippen molar-refractivity contribution in [2.24, 2.45) is 0 Å². The fraction of sp³-hybridized carbons (Fsp3) is 0.235. The Morgan fingerprint density at radius 3 is 2.56 bits per heavy atom. The summed E-state index contributed by atoms with van der Waals surface area (Å²) in [5.41, 5.74) is 0.841. The highest BCUT2D eigenvalue weighted by Crippen LogP contribution is 2.31. The number of amides is 1. The van der Waals surface area contributed by atoms with Gasteiger partial charge in [-0.3, -0.25) is 14.9 Å². The molecule has 1 amide bonds. The van der Waals surface area contributed by atoms with Crippen molar-refractivity contribution < 1.29 is 19.2 Å². The predicted octanol–water partition coefficient (Wildman–Crippen LogP) is 3.30. The van der Waals surface area contributed by atoms with E-state index in [9.17, 15) is 14.9 Å². The van der Waals surface area contributed by atoms with E-state index in [1.165, 1.54) is 25.3 Å². The van der Waals surface area contributed by atoms with E-state index in [0.717, 1.165) is 0 Å². The maximum Gasteiger partial charge on any atom is 0.293 e. The molecule has 8 heteroatoms. The van der Waals surface area contributed by atoms with Gasteiger partial charge in [-0.1, -0.05) is 0 Å². The maximum absolute atomic E-state index is 12.4. The van der Waals surface area contributed by atoms with Crippen molar-refractivity contribution in [1.29, 1.82) is 0 Å². The highest BCUT2D eigenvalue weighted by molar-refractivity contribution is 6.05. The number of anilines is 2. The Kier molecular flexibility index (Phi) is 5.78. The van der Waals surface area contributed by atoms with E-state index in [4.69, 9.17) is 9.47 Å². The van der Waals surface area contributed by atoms with Crippen molar-refractivity contribution in [3.05, 3.63) is 52.1 Å². The first-order chi connectivity index (χ1) is 12.0. The third-order valence-corrected chi connectivity index (χ3v) is 3.45. The number of nitro benzene ring substituents is 1. The quantitative estimate of drug-likeness (QED) is 0.589. The average molecular weight is 345 g/mol. The van der Waals surface area contributed by atoms with Gasteiger partial charge >= 0.3 is 0 Å². The van der Waals surface area contributed by atoms with Gasteiger partial charge in [-0.05, 0) is 31.2 Å². The van der Waals surface area contributed by atoms with Crippen LogP contribution < -0.4 is 20.1 Å². The summed E-state index contributed by atoms with van der Waals surface area (Å²) in [6.45, 7) is 2.35. The van der Waals surface area contributed by atoms with Gasteiger partial charge in [-0.2, -0.15) is 0 Å². The molecule has 0 spiro atoms. The van der Waals surface area contributed by atoms with E-state index in [1.807, 2.05) is 6.92 Å². The van der Waals surface area contributed by atoms with Crippen molar-refractivity contribution in [2.45, 2.75) is 6.92 Å². The van der Waals surface area contributed by atoms with Gasteiger partial charge in [-0.15, -0.1) is 0 Å². The number of methoxy groups -OCH3 is 1. The van der Waals surface area contributed by atoms with E-state index in [2.05, 4.69) is 10.6 Å². The summed E-state index contributed by atoms with van der Waals surface area (Å²) in [4.78, 5) is 22.9. The summed E-state index contributed by atoms with van der Waals surface area (Å²) >= 11 is 0. The van der Waals surface area contributed by atoms with E-state index in [-0.39, 0.29) is 11.3 Å². The Bertz CT molecular complexity index is 792. The van der Waals surface area contributed by atoms with Crippen molar-refractivity contribution in [3.8, 4) is 11.5 Å². The van der Waals surface area contributed by atoms with E-state index >= 15 is 0 Å². The van der Waals surface area contributed by atoms with Crippen LogP contribution in [-0.4, -0.2) is 31.6 Å². The second-order valence-electron chi connectivity index (χ2n) is 4.99. The third kappa shape index (κ3) is 4.17. The fourth-order valence-electron chi connectivity index (χ4n) is 2.26. The Morgan fingerprint density at radius 1 is 1.20 bits per heavy atom. The Balaban J connectivity index is 2.25. The first-order valence-electron chi connectivity index (χ1n) is 7.58. The molecule has 0 aliphatic rings. The molecule has 0 atom stereocenters. The van der Waals surface area contributed by atoms with Crippen molar-refractivity contribution in [2.75, 3.05) is 31.4 Å². The number of carbonyl (C=O) groups is 1.